The summed E-state index contributed by atoms with van der Waals surface area (Å²) < 4.78 is 1.94. The lowest BCUT2D eigenvalue weighted by Crippen LogP contribution is -2.18. The molecule has 18 heavy (non-hydrogen) atoms. The van der Waals surface area contributed by atoms with Gasteiger partial charge >= 0.3 is 0 Å². The lowest BCUT2D eigenvalue weighted by Gasteiger charge is -2.15. The maximum Gasteiger partial charge on any atom is 0.0537 e. The molecule has 0 spiro atoms. The Morgan fingerprint density at radius 1 is 1.39 bits per heavy atom. The number of rotatable bonds is 5. The average molecular weight is 264 g/mol. The van der Waals surface area contributed by atoms with Crippen molar-refractivity contribution in [2.24, 2.45) is 0 Å². The van der Waals surface area contributed by atoms with Crippen LogP contribution in [0.2, 0.25) is 5.02 Å². The molecular weight excluding hydrogens is 246 g/mol. The minimum atomic E-state index is 0.241. The standard InChI is InChI=1S/C14H18ClN3/c1-3-18-10-12(9-17-18)14(16-2)8-11-6-4-5-7-13(11)15/h4-7,9-10,14,16H,3,8H2,1-2H3. The van der Waals surface area contributed by atoms with Gasteiger partial charge in [0.05, 0.1) is 6.20 Å². The van der Waals surface area contributed by atoms with Crippen LogP contribution in [0.25, 0.3) is 0 Å². The maximum absolute atomic E-state index is 6.20. The van der Waals surface area contributed by atoms with Gasteiger partial charge in [-0.2, -0.15) is 5.10 Å². The van der Waals surface area contributed by atoms with Crippen LogP contribution in [0.4, 0.5) is 0 Å². The van der Waals surface area contributed by atoms with Crippen molar-refractivity contribution in [1.29, 1.82) is 0 Å². The van der Waals surface area contributed by atoms with Crippen molar-refractivity contribution in [3.8, 4) is 0 Å². The summed E-state index contributed by atoms with van der Waals surface area (Å²) in [6, 6.07) is 8.21. The van der Waals surface area contributed by atoms with Gasteiger partial charge in [-0.25, -0.2) is 0 Å². The lowest BCUT2D eigenvalue weighted by molar-refractivity contribution is 0.589. The second-order valence-corrected chi connectivity index (χ2v) is 4.67. The Labute approximate surface area is 113 Å². The van der Waals surface area contributed by atoms with Crippen molar-refractivity contribution < 1.29 is 0 Å². The summed E-state index contributed by atoms with van der Waals surface area (Å²) in [6.45, 7) is 2.97. The minimum Gasteiger partial charge on any atom is -0.313 e. The van der Waals surface area contributed by atoms with E-state index in [1.807, 2.05) is 36.1 Å². The normalized spacial score (nSPS) is 12.6. The summed E-state index contributed by atoms with van der Waals surface area (Å²) >= 11 is 6.20. The molecule has 1 heterocycles. The molecule has 2 rings (SSSR count). The fourth-order valence-electron chi connectivity index (χ4n) is 2.00. The van der Waals surface area contributed by atoms with Crippen molar-refractivity contribution in [3.05, 3.63) is 52.8 Å². The van der Waals surface area contributed by atoms with Crippen molar-refractivity contribution in [3.63, 3.8) is 0 Å². The van der Waals surface area contributed by atoms with E-state index in [0.29, 0.717) is 0 Å². The molecule has 1 aromatic heterocycles. The Hall–Kier alpha value is -1.32. The van der Waals surface area contributed by atoms with Gasteiger partial charge in [-0.1, -0.05) is 29.8 Å². The first-order valence-corrected chi connectivity index (χ1v) is 6.55. The molecule has 0 aliphatic rings. The van der Waals surface area contributed by atoms with Crippen molar-refractivity contribution in [2.75, 3.05) is 7.05 Å². The number of halogens is 1. The lowest BCUT2D eigenvalue weighted by atomic mass is 10.0. The van der Waals surface area contributed by atoms with Crippen molar-refractivity contribution >= 4 is 11.6 Å². The van der Waals surface area contributed by atoms with E-state index in [1.54, 1.807) is 0 Å². The molecule has 0 aliphatic carbocycles. The minimum absolute atomic E-state index is 0.241. The average Bonchev–Trinajstić information content (AvgIpc) is 2.86. The summed E-state index contributed by atoms with van der Waals surface area (Å²) in [4.78, 5) is 0. The predicted octanol–water partition coefficient (Wildman–Crippen LogP) is 3.06. The molecule has 1 aromatic carbocycles. The van der Waals surface area contributed by atoms with Crippen molar-refractivity contribution in [2.45, 2.75) is 25.9 Å². The summed E-state index contributed by atoms with van der Waals surface area (Å²) in [5.74, 6) is 0. The quantitative estimate of drug-likeness (QED) is 0.899. The zero-order valence-corrected chi connectivity index (χ0v) is 11.5. The van der Waals surface area contributed by atoms with E-state index in [-0.39, 0.29) is 6.04 Å². The molecule has 0 bridgehead atoms. The molecular formula is C14H18ClN3. The van der Waals surface area contributed by atoms with E-state index in [9.17, 15) is 0 Å². The van der Waals surface area contributed by atoms with Crippen LogP contribution in [0, 0.1) is 0 Å². The van der Waals surface area contributed by atoms with E-state index in [4.69, 9.17) is 11.6 Å². The number of likely N-dealkylation sites (N-methyl/N-ethyl adjacent to an activating group) is 1. The zero-order chi connectivity index (χ0) is 13.0. The topological polar surface area (TPSA) is 29.9 Å². The monoisotopic (exact) mass is 263 g/mol. The van der Waals surface area contributed by atoms with Crippen LogP contribution in [0.5, 0.6) is 0 Å². The smallest absolute Gasteiger partial charge is 0.0537 e. The molecule has 96 valence electrons. The molecule has 0 saturated heterocycles. The number of nitrogens with one attached hydrogen (secondary N) is 1. The third kappa shape index (κ3) is 2.92. The summed E-state index contributed by atoms with van der Waals surface area (Å²) in [6.07, 6.45) is 4.87. The molecule has 1 atom stereocenters. The van der Waals surface area contributed by atoms with Crippen LogP contribution in [-0.2, 0) is 13.0 Å². The Kier molecular flexibility index (Phi) is 4.39. The van der Waals surface area contributed by atoms with Gasteiger partial charge in [0.25, 0.3) is 0 Å². The number of aryl methyl sites for hydroxylation is 1. The molecule has 3 nitrogen and oxygen atoms in total. The highest BCUT2D eigenvalue weighted by Gasteiger charge is 2.13. The first-order chi connectivity index (χ1) is 8.74. The van der Waals surface area contributed by atoms with Crippen LogP contribution in [0.15, 0.2) is 36.7 Å². The van der Waals surface area contributed by atoms with Crippen molar-refractivity contribution in [1.82, 2.24) is 15.1 Å². The largest absolute Gasteiger partial charge is 0.313 e. The number of nitrogens with zero attached hydrogens (tertiary/aromatic N) is 2. The predicted molar refractivity (Wildman–Crippen MR) is 74.9 cm³/mol. The van der Waals surface area contributed by atoms with E-state index in [0.717, 1.165) is 23.6 Å². The van der Waals surface area contributed by atoms with Crippen LogP contribution in [-0.4, -0.2) is 16.8 Å². The fraction of sp³-hybridized carbons (Fsp3) is 0.357. The van der Waals surface area contributed by atoms with E-state index in [2.05, 4.69) is 29.6 Å². The maximum atomic E-state index is 6.20. The molecule has 0 radical (unpaired) electrons. The molecule has 0 amide bonds. The first-order valence-electron chi connectivity index (χ1n) is 6.17. The molecule has 0 aliphatic heterocycles. The Bertz CT molecular complexity index is 507. The van der Waals surface area contributed by atoms with Gasteiger partial charge in [-0.3, -0.25) is 4.68 Å². The highest BCUT2D eigenvalue weighted by atomic mass is 35.5. The summed E-state index contributed by atoms with van der Waals surface area (Å²) in [5, 5.41) is 8.45. The van der Waals surface area contributed by atoms with Gasteiger partial charge in [-0.15, -0.1) is 0 Å². The third-order valence-corrected chi connectivity index (χ3v) is 3.48. The molecule has 0 saturated carbocycles. The fourth-order valence-corrected chi connectivity index (χ4v) is 2.22. The highest BCUT2D eigenvalue weighted by Crippen LogP contribution is 2.22. The number of hydrogen-bond acceptors (Lipinski definition) is 2. The molecule has 2 aromatic rings. The Morgan fingerprint density at radius 3 is 2.78 bits per heavy atom. The molecule has 4 heteroatoms. The van der Waals surface area contributed by atoms with Gasteiger partial charge in [0.15, 0.2) is 0 Å². The molecule has 1 unspecified atom stereocenters. The zero-order valence-electron chi connectivity index (χ0n) is 10.7. The highest BCUT2D eigenvalue weighted by molar-refractivity contribution is 6.31. The second kappa shape index (κ2) is 6.03. The van der Waals surface area contributed by atoms with Gasteiger partial charge in [-0.05, 0) is 32.0 Å². The Morgan fingerprint density at radius 2 is 2.17 bits per heavy atom. The van der Waals surface area contributed by atoms with Crippen LogP contribution in [0.3, 0.4) is 0 Å². The summed E-state index contributed by atoms with van der Waals surface area (Å²) in [7, 11) is 1.96. The third-order valence-electron chi connectivity index (χ3n) is 3.11. The van der Waals surface area contributed by atoms with Gasteiger partial charge < -0.3 is 5.32 Å². The van der Waals surface area contributed by atoms with Gasteiger partial charge in [0, 0.05) is 29.4 Å². The molecule has 0 fully saturated rings. The number of aromatic nitrogens is 2. The van der Waals surface area contributed by atoms with Gasteiger partial charge in [0.1, 0.15) is 0 Å². The van der Waals surface area contributed by atoms with Crippen LogP contribution in [0.1, 0.15) is 24.1 Å². The number of benzene rings is 1. The van der Waals surface area contributed by atoms with Gasteiger partial charge in [0.2, 0.25) is 0 Å². The second-order valence-electron chi connectivity index (χ2n) is 4.27. The SMILES string of the molecule is CCn1cc(C(Cc2ccccc2Cl)NC)cn1. The first kappa shape index (κ1) is 13.1. The van der Waals surface area contributed by atoms with E-state index in [1.165, 1.54) is 5.56 Å². The Balaban J connectivity index is 2.17. The van der Waals surface area contributed by atoms with E-state index < -0.39 is 0 Å². The van der Waals surface area contributed by atoms with Crippen LogP contribution >= 0.6 is 11.6 Å². The van der Waals surface area contributed by atoms with Crippen LogP contribution < -0.4 is 5.32 Å². The molecule has 1 N–H and O–H groups in total. The number of hydrogen-bond donors (Lipinski definition) is 1. The van der Waals surface area contributed by atoms with E-state index >= 15 is 0 Å². The summed E-state index contributed by atoms with van der Waals surface area (Å²) in [5.41, 5.74) is 2.35.